The fourth-order valence-corrected chi connectivity index (χ4v) is 2.22. The van der Waals surface area contributed by atoms with Crippen LogP contribution in [0.5, 0.6) is 0 Å². The molecule has 96 valence electrons. The molecule has 2 rings (SSSR count). The molecular weight excluding hydrogens is 228 g/mol. The minimum absolute atomic E-state index is 0.102. The lowest BCUT2D eigenvalue weighted by Gasteiger charge is -2.36. The van der Waals surface area contributed by atoms with Crippen LogP contribution in [0.1, 0.15) is 24.0 Å². The largest absolute Gasteiger partial charge is 0.394 e. The maximum Gasteiger partial charge on any atom is 0.0995 e. The van der Waals surface area contributed by atoms with E-state index in [4.69, 9.17) is 10.00 Å². The molecule has 18 heavy (non-hydrogen) atoms. The second-order valence-corrected chi connectivity index (χ2v) is 4.67. The summed E-state index contributed by atoms with van der Waals surface area (Å²) in [7, 11) is 0. The van der Waals surface area contributed by atoms with Gasteiger partial charge in [-0.05, 0) is 24.5 Å². The summed E-state index contributed by atoms with van der Waals surface area (Å²) in [6.45, 7) is 2.05. The van der Waals surface area contributed by atoms with Gasteiger partial charge in [-0.3, -0.25) is 0 Å². The van der Waals surface area contributed by atoms with Gasteiger partial charge in [0.25, 0.3) is 0 Å². The van der Waals surface area contributed by atoms with Crippen molar-refractivity contribution in [3.8, 4) is 6.07 Å². The predicted molar refractivity (Wildman–Crippen MR) is 67.9 cm³/mol. The summed E-state index contributed by atoms with van der Waals surface area (Å²) < 4.78 is 5.32. The first-order valence-corrected chi connectivity index (χ1v) is 6.21. The van der Waals surface area contributed by atoms with Gasteiger partial charge >= 0.3 is 0 Å². The summed E-state index contributed by atoms with van der Waals surface area (Å²) in [6, 6.07) is 9.72. The van der Waals surface area contributed by atoms with Crippen molar-refractivity contribution in [3.05, 3.63) is 35.4 Å². The van der Waals surface area contributed by atoms with E-state index in [0.29, 0.717) is 25.3 Å². The average Bonchev–Trinajstić information content (AvgIpc) is 2.46. The number of hydrogen-bond donors (Lipinski definition) is 2. The molecule has 0 amide bonds. The molecule has 0 bridgehead atoms. The molecule has 0 aliphatic carbocycles. The molecule has 1 saturated heterocycles. The highest BCUT2D eigenvalue weighted by atomic mass is 16.5. The number of benzene rings is 1. The first-order chi connectivity index (χ1) is 8.79. The predicted octanol–water partition coefficient (Wildman–Crippen LogP) is 1.19. The fraction of sp³-hybridized carbons (Fsp3) is 0.500. The zero-order valence-electron chi connectivity index (χ0n) is 10.4. The van der Waals surface area contributed by atoms with E-state index in [1.807, 2.05) is 24.3 Å². The van der Waals surface area contributed by atoms with Gasteiger partial charge in [-0.2, -0.15) is 5.26 Å². The third kappa shape index (κ3) is 2.88. The highest BCUT2D eigenvalue weighted by Gasteiger charge is 2.31. The zero-order valence-corrected chi connectivity index (χ0v) is 10.4. The number of nitriles is 1. The minimum atomic E-state index is -0.263. The SMILES string of the molecule is N#Cc1ccccc1CNC1(CO)CCOCC1. The first kappa shape index (κ1) is 13.0. The van der Waals surface area contributed by atoms with E-state index in [2.05, 4.69) is 11.4 Å². The number of nitrogens with one attached hydrogen (secondary N) is 1. The molecule has 1 heterocycles. The van der Waals surface area contributed by atoms with E-state index in [1.54, 1.807) is 0 Å². The Morgan fingerprint density at radius 3 is 2.72 bits per heavy atom. The molecule has 1 aliphatic rings. The monoisotopic (exact) mass is 246 g/mol. The van der Waals surface area contributed by atoms with Crippen LogP contribution in [-0.2, 0) is 11.3 Å². The molecule has 0 saturated carbocycles. The molecule has 1 fully saturated rings. The van der Waals surface area contributed by atoms with E-state index in [0.717, 1.165) is 18.4 Å². The van der Waals surface area contributed by atoms with E-state index in [9.17, 15) is 5.11 Å². The molecule has 0 aromatic heterocycles. The number of hydrogen-bond acceptors (Lipinski definition) is 4. The topological polar surface area (TPSA) is 65.3 Å². The summed E-state index contributed by atoms with van der Waals surface area (Å²) in [5.41, 5.74) is 1.39. The van der Waals surface area contributed by atoms with Crippen molar-refractivity contribution in [3.63, 3.8) is 0 Å². The van der Waals surface area contributed by atoms with Gasteiger partial charge < -0.3 is 15.2 Å². The van der Waals surface area contributed by atoms with E-state index < -0.39 is 0 Å². The van der Waals surface area contributed by atoms with Crippen LogP contribution in [0.25, 0.3) is 0 Å². The molecule has 1 aromatic rings. The summed E-state index contributed by atoms with van der Waals surface area (Å²) in [4.78, 5) is 0. The van der Waals surface area contributed by atoms with Crippen molar-refractivity contribution in [2.24, 2.45) is 0 Å². The summed E-state index contributed by atoms with van der Waals surface area (Å²) >= 11 is 0. The Hall–Kier alpha value is -1.41. The van der Waals surface area contributed by atoms with Crippen molar-refractivity contribution in [2.75, 3.05) is 19.8 Å². The normalized spacial score (nSPS) is 18.2. The Kier molecular flexibility index (Phi) is 4.32. The first-order valence-electron chi connectivity index (χ1n) is 6.21. The van der Waals surface area contributed by atoms with Crippen molar-refractivity contribution >= 4 is 0 Å². The Balaban J connectivity index is 2.03. The number of ether oxygens (including phenoxy) is 1. The molecule has 0 radical (unpaired) electrons. The second kappa shape index (κ2) is 5.96. The van der Waals surface area contributed by atoms with E-state index in [1.165, 1.54) is 0 Å². The summed E-state index contributed by atoms with van der Waals surface area (Å²) in [6.07, 6.45) is 1.61. The third-order valence-electron chi connectivity index (χ3n) is 3.54. The van der Waals surface area contributed by atoms with E-state index in [-0.39, 0.29) is 12.1 Å². The fourth-order valence-electron chi connectivity index (χ4n) is 2.22. The van der Waals surface area contributed by atoms with Gasteiger partial charge in [0.1, 0.15) is 0 Å². The zero-order chi connectivity index (χ0) is 12.8. The van der Waals surface area contributed by atoms with Gasteiger partial charge in [0, 0.05) is 25.3 Å². The summed E-state index contributed by atoms with van der Waals surface area (Å²) in [5, 5.41) is 22.0. The Morgan fingerprint density at radius 2 is 2.06 bits per heavy atom. The molecule has 1 aliphatic heterocycles. The lowest BCUT2D eigenvalue weighted by Crippen LogP contribution is -2.51. The standard InChI is InChI=1S/C14H18N2O2/c15-9-12-3-1-2-4-13(12)10-16-14(11-17)5-7-18-8-6-14/h1-4,16-17H,5-8,10-11H2. The van der Waals surface area contributed by atoms with Crippen LogP contribution in [0.3, 0.4) is 0 Å². The van der Waals surface area contributed by atoms with Crippen molar-refractivity contribution in [1.82, 2.24) is 5.32 Å². The molecule has 0 spiro atoms. The van der Waals surface area contributed by atoms with Gasteiger partial charge in [0.05, 0.1) is 18.2 Å². The van der Waals surface area contributed by atoms with E-state index >= 15 is 0 Å². The van der Waals surface area contributed by atoms with Crippen LogP contribution in [0, 0.1) is 11.3 Å². The second-order valence-electron chi connectivity index (χ2n) is 4.67. The van der Waals surface area contributed by atoms with Crippen molar-refractivity contribution in [2.45, 2.75) is 24.9 Å². The Bertz CT molecular complexity index is 434. The van der Waals surface area contributed by atoms with Crippen LogP contribution in [0.2, 0.25) is 0 Å². The highest BCUT2D eigenvalue weighted by molar-refractivity contribution is 5.37. The molecule has 4 nitrogen and oxygen atoms in total. The van der Waals surface area contributed by atoms with Gasteiger partial charge in [-0.15, -0.1) is 0 Å². The number of rotatable bonds is 4. The van der Waals surface area contributed by atoms with Gasteiger partial charge in [-0.25, -0.2) is 0 Å². The average molecular weight is 246 g/mol. The van der Waals surface area contributed by atoms with Crippen molar-refractivity contribution in [1.29, 1.82) is 5.26 Å². The van der Waals surface area contributed by atoms with Crippen LogP contribution in [0.4, 0.5) is 0 Å². The van der Waals surface area contributed by atoms with Crippen LogP contribution >= 0.6 is 0 Å². The number of nitrogens with zero attached hydrogens (tertiary/aromatic N) is 1. The maximum atomic E-state index is 9.56. The maximum absolute atomic E-state index is 9.56. The van der Waals surface area contributed by atoms with Gasteiger partial charge in [0.2, 0.25) is 0 Å². The van der Waals surface area contributed by atoms with Crippen molar-refractivity contribution < 1.29 is 9.84 Å². The van der Waals surface area contributed by atoms with Gasteiger partial charge in [-0.1, -0.05) is 18.2 Å². The van der Waals surface area contributed by atoms with Crippen LogP contribution in [0.15, 0.2) is 24.3 Å². The molecular formula is C14H18N2O2. The molecule has 4 heteroatoms. The third-order valence-corrected chi connectivity index (χ3v) is 3.54. The minimum Gasteiger partial charge on any atom is -0.394 e. The summed E-state index contributed by atoms with van der Waals surface area (Å²) in [5.74, 6) is 0. The molecule has 2 N–H and O–H groups in total. The lowest BCUT2D eigenvalue weighted by atomic mass is 9.90. The van der Waals surface area contributed by atoms with Crippen LogP contribution in [-0.4, -0.2) is 30.5 Å². The van der Waals surface area contributed by atoms with Gasteiger partial charge in [0.15, 0.2) is 0 Å². The molecule has 0 unspecified atom stereocenters. The lowest BCUT2D eigenvalue weighted by molar-refractivity contribution is 0.0111. The molecule has 1 aromatic carbocycles. The Morgan fingerprint density at radius 1 is 1.33 bits per heavy atom. The number of aliphatic hydroxyl groups excluding tert-OH is 1. The quantitative estimate of drug-likeness (QED) is 0.837. The molecule has 0 atom stereocenters. The smallest absolute Gasteiger partial charge is 0.0995 e. The van der Waals surface area contributed by atoms with Crippen LogP contribution < -0.4 is 5.32 Å². The highest BCUT2D eigenvalue weighted by Crippen LogP contribution is 2.21. The number of aliphatic hydroxyl groups is 1. The Labute approximate surface area is 107 Å².